The predicted octanol–water partition coefficient (Wildman–Crippen LogP) is 4.22. The molecule has 0 aliphatic heterocycles. The number of hydrogen-bond donors (Lipinski definition) is 1. The van der Waals surface area contributed by atoms with Gasteiger partial charge in [-0.15, -0.1) is 0 Å². The van der Waals surface area contributed by atoms with Crippen molar-refractivity contribution in [2.45, 2.75) is 26.2 Å². The fourth-order valence-corrected chi connectivity index (χ4v) is 2.77. The summed E-state index contributed by atoms with van der Waals surface area (Å²) in [5.41, 5.74) is 1.52. The minimum Gasteiger partial charge on any atom is -0.495 e. The Morgan fingerprint density at radius 2 is 1.60 bits per heavy atom. The van der Waals surface area contributed by atoms with Crippen LogP contribution >= 0.6 is 11.6 Å². The molecule has 0 radical (unpaired) electrons. The summed E-state index contributed by atoms with van der Waals surface area (Å²) in [7, 11) is 2.92. The molecule has 30 heavy (non-hydrogen) atoms. The molecule has 0 aromatic heterocycles. The molecule has 0 saturated heterocycles. The lowest BCUT2D eigenvalue weighted by Crippen LogP contribution is -2.24. The van der Waals surface area contributed by atoms with Crippen LogP contribution < -0.4 is 19.5 Å². The monoisotopic (exact) mass is 435 g/mol. The first-order chi connectivity index (χ1) is 14.1. The van der Waals surface area contributed by atoms with Crippen LogP contribution in [0.3, 0.4) is 0 Å². The van der Waals surface area contributed by atoms with Crippen molar-refractivity contribution in [1.82, 2.24) is 0 Å². The van der Waals surface area contributed by atoms with E-state index in [1.165, 1.54) is 20.3 Å². The first kappa shape index (κ1) is 23.3. The molecular formula is C22H26ClNO6. The molecule has 0 unspecified atom stereocenters. The van der Waals surface area contributed by atoms with Crippen LogP contribution in [0.15, 0.2) is 36.4 Å². The van der Waals surface area contributed by atoms with Gasteiger partial charge in [-0.3, -0.25) is 4.79 Å². The maximum absolute atomic E-state index is 12.1. The van der Waals surface area contributed by atoms with Crippen LogP contribution in [-0.2, 0) is 19.7 Å². The second-order valence-corrected chi connectivity index (χ2v) is 7.87. The van der Waals surface area contributed by atoms with Crippen LogP contribution in [-0.4, -0.2) is 39.3 Å². The van der Waals surface area contributed by atoms with Crippen molar-refractivity contribution in [3.63, 3.8) is 0 Å². The van der Waals surface area contributed by atoms with Gasteiger partial charge in [0.2, 0.25) is 0 Å². The number of amides is 1. The lowest BCUT2D eigenvalue weighted by molar-refractivity contribution is -0.149. The summed E-state index contributed by atoms with van der Waals surface area (Å²) in [6.45, 7) is 5.56. The van der Waals surface area contributed by atoms with E-state index in [9.17, 15) is 9.59 Å². The highest BCUT2D eigenvalue weighted by Crippen LogP contribution is 2.35. The zero-order valence-corrected chi connectivity index (χ0v) is 18.5. The van der Waals surface area contributed by atoms with Gasteiger partial charge in [0, 0.05) is 6.07 Å². The maximum Gasteiger partial charge on any atom is 0.344 e. The number of methoxy groups -OCH3 is 2. The number of hydrogen-bond acceptors (Lipinski definition) is 6. The van der Waals surface area contributed by atoms with Gasteiger partial charge in [0.05, 0.1) is 24.9 Å². The van der Waals surface area contributed by atoms with Gasteiger partial charge in [0.1, 0.15) is 17.2 Å². The van der Waals surface area contributed by atoms with E-state index in [-0.39, 0.29) is 12.0 Å². The van der Waals surface area contributed by atoms with Crippen LogP contribution in [0.25, 0.3) is 0 Å². The third-order valence-electron chi connectivity index (χ3n) is 4.19. The summed E-state index contributed by atoms with van der Waals surface area (Å²) in [4.78, 5) is 24.0. The minimum absolute atomic E-state index is 0.0294. The molecule has 2 rings (SSSR count). The maximum atomic E-state index is 12.1. The Morgan fingerprint density at radius 1 is 0.967 bits per heavy atom. The van der Waals surface area contributed by atoms with Gasteiger partial charge in [-0.1, -0.05) is 44.5 Å². The molecule has 0 spiro atoms. The summed E-state index contributed by atoms with van der Waals surface area (Å²) in [6, 6.07) is 10.5. The normalized spacial score (nSPS) is 10.9. The lowest BCUT2D eigenvalue weighted by atomic mass is 9.87. The number of ether oxygens (including phenoxy) is 4. The zero-order valence-electron chi connectivity index (χ0n) is 17.7. The Hall–Kier alpha value is -2.93. The van der Waals surface area contributed by atoms with Crippen molar-refractivity contribution < 1.29 is 28.5 Å². The summed E-state index contributed by atoms with van der Waals surface area (Å²) in [5.74, 6) is 0.104. The molecule has 0 fully saturated rings. The largest absolute Gasteiger partial charge is 0.495 e. The fourth-order valence-electron chi connectivity index (χ4n) is 2.53. The van der Waals surface area contributed by atoms with Gasteiger partial charge in [-0.2, -0.15) is 0 Å². The summed E-state index contributed by atoms with van der Waals surface area (Å²) < 4.78 is 20.7. The number of halogens is 1. The van der Waals surface area contributed by atoms with Crippen molar-refractivity contribution in [3.05, 3.63) is 47.0 Å². The number of rotatable bonds is 8. The van der Waals surface area contributed by atoms with E-state index in [1.54, 1.807) is 18.2 Å². The van der Waals surface area contributed by atoms with Crippen molar-refractivity contribution in [3.8, 4) is 17.2 Å². The molecule has 0 aliphatic rings. The predicted molar refractivity (Wildman–Crippen MR) is 115 cm³/mol. The quantitative estimate of drug-likeness (QED) is 0.625. The number of esters is 1. The molecule has 8 heteroatoms. The first-order valence-corrected chi connectivity index (χ1v) is 9.62. The Kier molecular flexibility index (Phi) is 7.94. The first-order valence-electron chi connectivity index (χ1n) is 9.24. The minimum atomic E-state index is -0.662. The third-order valence-corrected chi connectivity index (χ3v) is 4.48. The van der Waals surface area contributed by atoms with E-state index in [0.717, 1.165) is 5.56 Å². The van der Waals surface area contributed by atoms with Crippen molar-refractivity contribution >= 4 is 29.2 Å². The molecule has 2 aromatic carbocycles. The highest BCUT2D eigenvalue weighted by Gasteiger charge is 2.15. The Balaban J connectivity index is 1.83. The number of benzene rings is 2. The Labute approximate surface area is 181 Å². The lowest BCUT2D eigenvalue weighted by Gasteiger charge is -2.19. The van der Waals surface area contributed by atoms with Gasteiger partial charge in [0.15, 0.2) is 13.2 Å². The molecule has 0 atom stereocenters. The van der Waals surface area contributed by atoms with Crippen LogP contribution in [0.1, 0.15) is 26.3 Å². The number of carbonyl (C=O) groups is 2. The standard InChI is InChI=1S/C22H26ClNO6/c1-22(2,3)14-6-8-15(9-7-14)29-13-21(26)30-12-20(25)24-17-10-16(23)18(27-4)11-19(17)28-5/h6-11H,12-13H2,1-5H3,(H,24,25). The molecule has 0 aliphatic carbocycles. The van der Waals surface area contributed by atoms with Crippen LogP contribution in [0.4, 0.5) is 5.69 Å². The van der Waals surface area contributed by atoms with E-state index in [2.05, 4.69) is 26.1 Å². The van der Waals surface area contributed by atoms with Gasteiger partial charge >= 0.3 is 5.97 Å². The average molecular weight is 436 g/mol. The van der Waals surface area contributed by atoms with Crippen LogP contribution in [0, 0.1) is 0 Å². The smallest absolute Gasteiger partial charge is 0.344 e. The molecular weight excluding hydrogens is 410 g/mol. The molecule has 2 aromatic rings. The van der Waals surface area contributed by atoms with Gasteiger partial charge < -0.3 is 24.3 Å². The summed E-state index contributed by atoms with van der Waals surface area (Å²) in [5, 5.41) is 2.88. The van der Waals surface area contributed by atoms with Gasteiger partial charge in [-0.05, 0) is 29.2 Å². The zero-order chi connectivity index (χ0) is 22.3. The van der Waals surface area contributed by atoms with E-state index in [4.69, 9.17) is 30.5 Å². The second kappa shape index (κ2) is 10.2. The van der Waals surface area contributed by atoms with Gasteiger partial charge in [0.25, 0.3) is 5.91 Å². The molecule has 0 bridgehead atoms. The topological polar surface area (TPSA) is 83.1 Å². The number of carbonyl (C=O) groups excluding carboxylic acids is 2. The molecule has 7 nitrogen and oxygen atoms in total. The number of anilines is 1. The SMILES string of the molecule is COc1cc(OC)c(NC(=O)COC(=O)COc2ccc(C(C)(C)C)cc2)cc1Cl. The third kappa shape index (κ3) is 6.56. The van der Waals surface area contributed by atoms with Crippen molar-refractivity contribution in [2.75, 3.05) is 32.8 Å². The summed E-state index contributed by atoms with van der Waals surface area (Å²) >= 11 is 6.07. The highest BCUT2D eigenvalue weighted by atomic mass is 35.5. The average Bonchev–Trinajstić information content (AvgIpc) is 2.70. The summed E-state index contributed by atoms with van der Waals surface area (Å²) in [6.07, 6.45) is 0. The molecule has 1 amide bonds. The van der Waals surface area contributed by atoms with E-state index in [0.29, 0.717) is 28.0 Å². The van der Waals surface area contributed by atoms with E-state index in [1.807, 2.05) is 12.1 Å². The van der Waals surface area contributed by atoms with E-state index >= 15 is 0 Å². The Bertz CT molecular complexity index is 890. The van der Waals surface area contributed by atoms with Crippen molar-refractivity contribution in [2.24, 2.45) is 0 Å². The highest BCUT2D eigenvalue weighted by molar-refractivity contribution is 6.32. The van der Waals surface area contributed by atoms with Crippen LogP contribution in [0.2, 0.25) is 5.02 Å². The fraction of sp³-hybridized carbons (Fsp3) is 0.364. The molecule has 1 N–H and O–H groups in total. The number of nitrogens with one attached hydrogen (secondary N) is 1. The molecule has 0 heterocycles. The second-order valence-electron chi connectivity index (χ2n) is 7.46. The van der Waals surface area contributed by atoms with Crippen molar-refractivity contribution in [1.29, 1.82) is 0 Å². The van der Waals surface area contributed by atoms with Crippen LogP contribution in [0.5, 0.6) is 17.2 Å². The van der Waals surface area contributed by atoms with Gasteiger partial charge in [-0.25, -0.2) is 4.79 Å². The Morgan fingerprint density at radius 3 is 2.17 bits per heavy atom. The van der Waals surface area contributed by atoms with E-state index < -0.39 is 18.5 Å². The molecule has 0 saturated carbocycles. The molecule has 162 valence electrons.